The minimum Gasteiger partial charge on any atom is -0.349 e. The fourth-order valence-corrected chi connectivity index (χ4v) is 1.41. The highest BCUT2D eigenvalue weighted by Crippen LogP contribution is 2.17. The molecule has 0 spiro atoms. The van der Waals surface area contributed by atoms with E-state index in [1.54, 1.807) is 0 Å². The van der Waals surface area contributed by atoms with Crippen molar-refractivity contribution in [2.75, 3.05) is 18.2 Å². The van der Waals surface area contributed by atoms with Crippen LogP contribution in [0.15, 0.2) is 30.3 Å². The van der Waals surface area contributed by atoms with E-state index in [0.29, 0.717) is 13.3 Å². The van der Waals surface area contributed by atoms with Gasteiger partial charge in [-0.1, -0.05) is 18.2 Å². The van der Waals surface area contributed by atoms with Gasteiger partial charge >= 0.3 is 0 Å². The van der Waals surface area contributed by atoms with Gasteiger partial charge in [-0.05, 0) is 12.1 Å². The largest absolute Gasteiger partial charge is 0.349 e. The average molecular weight is 177 g/mol. The van der Waals surface area contributed by atoms with Gasteiger partial charge in [0.05, 0.1) is 6.54 Å². The Balaban J connectivity index is 2.08. The second-order valence-corrected chi connectivity index (χ2v) is 3.03. The zero-order chi connectivity index (χ0) is 9.10. The lowest BCUT2D eigenvalue weighted by Gasteiger charge is -2.14. The molecule has 0 saturated carbocycles. The summed E-state index contributed by atoms with van der Waals surface area (Å²) in [6.07, 6.45) is 0.586. The van der Waals surface area contributed by atoms with E-state index in [1.165, 1.54) is 0 Å². The van der Waals surface area contributed by atoms with Gasteiger partial charge in [-0.3, -0.25) is 0 Å². The number of carbonyl (C=O) groups excluding carboxylic acids is 1. The zero-order valence-electron chi connectivity index (χ0n) is 7.22. The third-order valence-electron chi connectivity index (χ3n) is 2.12. The van der Waals surface area contributed by atoms with Gasteiger partial charge < -0.3 is 14.4 Å². The van der Waals surface area contributed by atoms with Crippen LogP contribution in [-0.2, 0) is 9.53 Å². The number of benzene rings is 1. The minimum absolute atomic E-state index is 0.264. The Labute approximate surface area is 76.9 Å². The molecule has 68 valence electrons. The van der Waals surface area contributed by atoms with Crippen LogP contribution in [0.1, 0.15) is 0 Å². The second kappa shape index (κ2) is 3.58. The third-order valence-corrected chi connectivity index (χ3v) is 2.12. The Morgan fingerprint density at radius 2 is 2.15 bits per heavy atom. The zero-order valence-corrected chi connectivity index (χ0v) is 7.22. The van der Waals surface area contributed by atoms with Gasteiger partial charge in [0.25, 0.3) is 0 Å². The van der Waals surface area contributed by atoms with Gasteiger partial charge in [0.15, 0.2) is 6.29 Å². The molecule has 1 aromatic rings. The Kier molecular flexibility index (Phi) is 2.27. The van der Waals surface area contributed by atoms with Gasteiger partial charge in [0, 0.05) is 5.69 Å². The summed E-state index contributed by atoms with van der Waals surface area (Å²) in [6, 6.07) is 9.94. The van der Waals surface area contributed by atoms with Crippen molar-refractivity contribution in [1.82, 2.24) is 0 Å². The number of anilines is 1. The SMILES string of the molecule is O=CC1CN(c2ccccc2)CO1. The Morgan fingerprint density at radius 3 is 2.77 bits per heavy atom. The van der Waals surface area contributed by atoms with Crippen LogP contribution in [0.5, 0.6) is 0 Å². The van der Waals surface area contributed by atoms with Crippen molar-refractivity contribution in [2.45, 2.75) is 6.10 Å². The number of ether oxygens (including phenoxy) is 1. The topological polar surface area (TPSA) is 29.5 Å². The molecule has 1 atom stereocenters. The number of nitrogens with zero attached hydrogens (tertiary/aromatic N) is 1. The molecule has 0 bridgehead atoms. The highest BCUT2D eigenvalue weighted by atomic mass is 16.5. The molecule has 1 heterocycles. The highest BCUT2D eigenvalue weighted by Gasteiger charge is 2.21. The summed E-state index contributed by atoms with van der Waals surface area (Å²) in [5, 5.41) is 0. The molecule has 0 amide bonds. The lowest BCUT2D eigenvalue weighted by molar-refractivity contribution is -0.115. The van der Waals surface area contributed by atoms with Crippen molar-refractivity contribution in [3.63, 3.8) is 0 Å². The Hall–Kier alpha value is -1.35. The fraction of sp³-hybridized carbons (Fsp3) is 0.300. The van der Waals surface area contributed by atoms with Gasteiger partial charge in [0.1, 0.15) is 12.8 Å². The quantitative estimate of drug-likeness (QED) is 0.632. The van der Waals surface area contributed by atoms with E-state index in [2.05, 4.69) is 0 Å². The van der Waals surface area contributed by atoms with Crippen LogP contribution in [-0.4, -0.2) is 25.7 Å². The van der Waals surface area contributed by atoms with E-state index in [9.17, 15) is 4.79 Å². The van der Waals surface area contributed by atoms with Crippen molar-refractivity contribution in [1.29, 1.82) is 0 Å². The first kappa shape index (κ1) is 8.26. The van der Waals surface area contributed by atoms with Crippen molar-refractivity contribution in [3.05, 3.63) is 30.3 Å². The van der Waals surface area contributed by atoms with Gasteiger partial charge in [0.2, 0.25) is 0 Å². The van der Waals surface area contributed by atoms with Crippen LogP contribution < -0.4 is 4.90 Å². The third kappa shape index (κ3) is 1.70. The van der Waals surface area contributed by atoms with Crippen molar-refractivity contribution in [2.24, 2.45) is 0 Å². The Morgan fingerprint density at radius 1 is 1.38 bits per heavy atom. The first-order valence-corrected chi connectivity index (χ1v) is 4.27. The summed E-state index contributed by atoms with van der Waals surface area (Å²) in [5.41, 5.74) is 1.10. The molecular formula is C10H11NO2. The maximum Gasteiger partial charge on any atom is 0.150 e. The van der Waals surface area contributed by atoms with E-state index in [0.717, 1.165) is 12.0 Å². The number of hydrogen-bond acceptors (Lipinski definition) is 3. The molecule has 1 aromatic carbocycles. The molecular weight excluding hydrogens is 166 g/mol. The molecule has 3 heteroatoms. The molecule has 1 fully saturated rings. The average Bonchev–Trinajstić information content (AvgIpc) is 2.67. The van der Waals surface area contributed by atoms with Crippen LogP contribution in [0.2, 0.25) is 0 Å². The summed E-state index contributed by atoms with van der Waals surface area (Å²) in [5.74, 6) is 0. The van der Waals surface area contributed by atoms with E-state index >= 15 is 0 Å². The lowest BCUT2D eigenvalue weighted by Crippen LogP contribution is -2.21. The monoisotopic (exact) mass is 177 g/mol. The molecule has 1 unspecified atom stereocenters. The van der Waals surface area contributed by atoms with Gasteiger partial charge in [-0.2, -0.15) is 0 Å². The predicted molar refractivity (Wildman–Crippen MR) is 49.6 cm³/mol. The lowest BCUT2D eigenvalue weighted by atomic mass is 10.3. The molecule has 2 rings (SSSR count). The van der Waals surface area contributed by atoms with Crippen molar-refractivity contribution in [3.8, 4) is 0 Å². The number of aldehydes is 1. The molecule has 1 aliphatic rings. The van der Waals surface area contributed by atoms with Crippen LogP contribution in [0.25, 0.3) is 0 Å². The first-order valence-electron chi connectivity index (χ1n) is 4.27. The maximum atomic E-state index is 10.4. The summed E-state index contributed by atoms with van der Waals surface area (Å²) in [4.78, 5) is 12.5. The van der Waals surface area contributed by atoms with Crippen molar-refractivity contribution >= 4 is 12.0 Å². The molecule has 0 aromatic heterocycles. The Bertz CT molecular complexity index is 286. The van der Waals surface area contributed by atoms with Crippen LogP contribution in [0.3, 0.4) is 0 Å². The second-order valence-electron chi connectivity index (χ2n) is 3.03. The van der Waals surface area contributed by atoms with Gasteiger partial charge in [-0.15, -0.1) is 0 Å². The summed E-state index contributed by atoms with van der Waals surface area (Å²) in [7, 11) is 0. The molecule has 1 saturated heterocycles. The minimum atomic E-state index is -0.264. The molecule has 13 heavy (non-hydrogen) atoms. The molecule has 0 radical (unpaired) electrons. The van der Waals surface area contributed by atoms with Crippen LogP contribution in [0.4, 0.5) is 5.69 Å². The summed E-state index contributed by atoms with van der Waals surface area (Å²) < 4.78 is 5.23. The fourth-order valence-electron chi connectivity index (χ4n) is 1.41. The van der Waals surface area contributed by atoms with Gasteiger partial charge in [-0.25, -0.2) is 0 Å². The molecule has 0 N–H and O–H groups in total. The van der Waals surface area contributed by atoms with E-state index in [1.807, 2.05) is 35.2 Å². The normalized spacial score (nSPS) is 21.8. The van der Waals surface area contributed by atoms with Crippen LogP contribution in [0, 0.1) is 0 Å². The van der Waals surface area contributed by atoms with E-state index < -0.39 is 0 Å². The smallest absolute Gasteiger partial charge is 0.150 e. The highest BCUT2D eigenvalue weighted by molar-refractivity contribution is 5.60. The molecule has 1 aliphatic heterocycles. The maximum absolute atomic E-state index is 10.4. The molecule has 3 nitrogen and oxygen atoms in total. The van der Waals surface area contributed by atoms with E-state index in [4.69, 9.17) is 4.74 Å². The number of carbonyl (C=O) groups is 1. The summed E-state index contributed by atoms with van der Waals surface area (Å²) >= 11 is 0. The van der Waals surface area contributed by atoms with E-state index in [-0.39, 0.29) is 6.10 Å². The van der Waals surface area contributed by atoms with Crippen molar-refractivity contribution < 1.29 is 9.53 Å². The molecule has 0 aliphatic carbocycles. The predicted octanol–water partition coefficient (Wildman–Crippen LogP) is 1.05. The standard InChI is InChI=1S/C10H11NO2/c12-7-10-6-11(8-13-10)9-4-2-1-3-5-9/h1-5,7,10H,6,8H2. The number of para-hydroxylation sites is 1. The first-order chi connectivity index (χ1) is 6.40. The van der Waals surface area contributed by atoms with Crippen LogP contribution >= 0.6 is 0 Å². The number of hydrogen-bond donors (Lipinski definition) is 0. The number of rotatable bonds is 2. The summed E-state index contributed by atoms with van der Waals surface area (Å²) in [6.45, 7) is 1.17.